The summed E-state index contributed by atoms with van der Waals surface area (Å²) >= 11 is 1.43. The summed E-state index contributed by atoms with van der Waals surface area (Å²) in [5.74, 6) is 0.191. The Morgan fingerprint density at radius 3 is 2.69 bits per heavy atom. The van der Waals surface area contributed by atoms with Crippen molar-refractivity contribution in [3.8, 4) is 16.2 Å². The lowest BCUT2D eigenvalue weighted by molar-refractivity contribution is -0.129. The van der Waals surface area contributed by atoms with Crippen molar-refractivity contribution in [2.75, 3.05) is 7.11 Å². The maximum Gasteiger partial charge on any atom is 0.349 e. The molecule has 0 aliphatic heterocycles. The third kappa shape index (κ3) is 3.33. The molecule has 1 saturated carbocycles. The van der Waals surface area contributed by atoms with Gasteiger partial charge in [0.05, 0.1) is 7.11 Å². The molecule has 1 N–H and O–H groups in total. The van der Waals surface area contributed by atoms with E-state index in [0.717, 1.165) is 47.4 Å². The van der Waals surface area contributed by atoms with E-state index in [1.807, 2.05) is 18.2 Å². The monoisotopic (exact) mass is 371 g/mol. The number of rotatable bonds is 5. The molecule has 0 spiro atoms. The molecule has 136 valence electrons. The molecule has 4 rings (SSSR count). The summed E-state index contributed by atoms with van der Waals surface area (Å²) in [4.78, 5) is 26.1. The van der Waals surface area contributed by atoms with Gasteiger partial charge in [0.2, 0.25) is 0 Å². The van der Waals surface area contributed by atoms with Gasteiger partial charge in [0.1, 0.15) is 10.6 Å². The molecule has 1 heterocycles. The average Bonchev–Trinajstić information content (AvgIpc) is 3.34. The Morgan fingerprint density at radius 2 is 1.96 bits per heavy atom. The van der Waals surface area contributed by atoms with Crippen LogP contribution in [0.1, 0.15) is 40.6 Å². The zero-order valence-corrected chi connectivity index (χ0v) is 15.7. The van der Waals surface area contributed by atoms with Crippen LogP contribution < -0.4 is 10.1 Å². The van der Waals surface area contributed by atoms with E-state index in [1.165, 1.54) is 16.9 Å². The van der Waals surface area contributed by atoms with Crippen molar-refractivity contribution in [3.63, 3.8) is 0 Å². The molecule has 0 radical (unpaired) electrons. The number of hydrogen-bond acceptors (Lipinski definition) is 5. The smallest absolute Gasteiger partial charge is 0.349 e. The van der Waals surface area contributed by atoms with Crippen molar-refractivity contribution in [3.05, 3.63) is 40.3 Å². The van der Waals surface area contributed by atoms with Gasteiger partial charge in [0, 0.05) is 10.9 Å². The number of nitrogens with one attached hydrogen (secondary N) is 1. The van der Waals surface area contributed by atoms with E-state index in [1.54, 1.807) is 14.0 Å². The molecule has 26 heavy (non-hydrogen) atoms. The molecule has 2 aliphatic carbocycles. The first kappa shape index (κ1) is 17.1. The number of thiophene rings is 1. The number of fused-ring (bicyclic) bond motifs is 3. The van der Waals surface area contributed by atoms with Crippen LogP contribution in [-0.2, 0) is 22.4 Å². The van der Waals surface area contributed by atoms with Crippen molar-refractivity contribution in [2.45, 2.75) is 44.8 Å². The lowest BCUT2D eigenvalue weighted by atomic mass is 9.91. The molecular weight excluding hydrogens is 350 g/mol. The fourth-order valence-corrected chi connectivity index (χ4v) is 4.31. The highest BCUT2D eigenvalue weighted by Crippen LogP contribution is 2.41. The van der Waals surface area contributed by atoms with Gasteiger partial charge in [-0.1, -0.05) is 0 Å². The topological polar surface area (TPSA) is 64.6 Å². The predicted molar refractivity (Wildman–Crippen MR) is 99.8 cm³/mol. The average molecular weight is 371 g/mol. The van der Waals surface area contributed by atoms with Crippen molar-refractivity contribution < 1.29 is 19.1 Å². The van der Waals surface area contributed by atoms with Gasteiger partial charge in [-0.25, -0.2) is 4.79 Å². The quantitative estimate of drug-likeness (QED) is 0.819. The molecule has 2 aromatic rings. The Morgan fingerprint density at radius 1 is 1.19 bits per heavy atom. The van der Waals surface area contributed by atoms with Crippen LogP contribution in [0.2, 0.25) is 0 Å². The number of amides is 1. The Balaban J connectivity index is 1.51. The number of benzene rings is 1. The summed E-state index contributed by atoms with van der Waals surface area (Å²) in [6, 6.07) is 8.20. The van der Waals surface area contributed by atoms with E-state index in [0.29, 0.717) is 4.88 Å². The Labute approximate surface area is 156 Å². The highest BCUT2D eigenvalue weighted by molar-refractivity contribution is 7.17. The van der Waals surface area contributed by atoms with Crippen LogP contribution in [0.3, 0.4) is 0 Å². The summed E-state index contributed by atoms with van der Waals surface area (Å²) in [5, 5.41) is 2.86. The number of esters is 1. The molecule has 2 aliphatic rings. The summed E-state index contributed by atoms with van der Waals surface area (Å²) in [6.07, 6.45) is 3.04. The van der Waals surface area contributed by atoms with Gasteiger partial charge in [0.25, 0.3) is 5.91 Å². The van der Waals surface area contributed by atoms with Gasteiger partial charge >= 0.3 is 5.97 Å². The zero-order valence-electron chi connectivity index (χ0n) is 14.8. The van der Waals surface area contributed by atoms with Gasteiger partial charge < -0.3 is 14.8 Å². The first-order valence-corrected chi connectivity index (χ1v) is 9.68. The molecule has 1 aromatic carbocycles. The normalized spacial score (nSPS) is 16.2. The first-order valence-electron chi connectivity index (χ1n) is 8.86. The number of carbonyl (C=O) groups is 2. The molecule has 0 saturated heterocycles. The standard InChI is InChI=1S/C20H21NO4S/c1-11(19(22)21-14-5-6-14)25-20(23)17-10-13-4-3-12-9-15(24-2)7-8-16(12)18(13)26-17/h7-11,14H,3-6H2,1-2H3,(H,21,22)/t11-/m0/s1. The second-order valence-corrected chi connectivity index (χ2v) is 7.87. The van der Waals surface area contributed by atoms with E-state index < -0.39 is 12.1 Å². The van der Waals surface area contributed by atoms with Crippen molar-refractivity contribution in [1.82, 2.24) is 5.32 Å². The zero-order chi connectivity index (χ0) is 18.3. The summed E-state index contributed by atoms with van der Waals surface area (Å²) < 4.78 is 10.7. The van der Waals surface area contributed by atoms with Gasteiger partial charge in [-0.05, 0) is 73.6 Å². The van der Waals surface area contributed by atoms with Crippen molar-refractivity contribution in [1.29, 1.82) is 0 Å². The van der Waals surface area contributed by atoms with Crippen LogP contribution in [0.4, 0.5) is 0 Å². The molecule has 1 fully saturated rings. The van der Waals surface area contributed by atoms with Crippen LogP contribution in [-0.4, -0.2) is 31.1 Å². The number of aryl methyl sites for hydroxylation is 2. The van der Waals surface area contributed by atoms with E-state index >= 15 is 0 Å². The third-order valence-corrected chi connectivity index (χ3v) is 6.00. The van der Waals surface area contributed by atoms with Crippen LogP contribution in [0, 0.1) is 0 Å². The molecule has 6 heteroatoms. The summed E-state index contributed by atoms with van der Waals surface area (Å²) in [7, 11) is 1.66. The number of methoxy groups -OCH3 is 1. The highest BCUT2D eigenvalue weighted by Gasteiger charge is 2.28. The number of carbonyl (C=O) groups excluding carboxylic acids is 2. The predicted octanol–water partition coefficient (Wildman–Crippen LogP) is 3.35. The van der Waals surface area contributed by atoms with Gasteiger partial charge in [-0.15, -0.1) is 11.3 Å². The number of ether oxygens (including phenoxy) is 2. The maximum atomic E-state index is 12.5. The van der Waals surface area contributed by atoms with Crippen LogP contribution in [0.5, 0.6) is 5.75 Å². The fourth-order valence-electron chi connectivity index (χ4n) is 3.16. The molecule has 1 amide bonds. The molecule has 5 nitrogen and oxygen atoms in total. The lowest BCUT2D eigenvalue weighted by Crippen LogP contribution is -2.36. The molecule has 0 bridgehead atoms. The molecule has 1 atom stereocenters. The van der Waals surface area contributed by atoms with E-state index in [9.17, 15) is 9.59 Å². The second kappa shape index (κ2) is 6.76. The first-order chi connectivity index (χ1) is 12.5. The minimum Gasteiger partial charge on any atom is -0.497 e. The fraction of sp³-hybridized carbons (Fsp3) is 0.400. The van der Waals surface area contributed by atoms with Gasteiger partial charge in [0.15, 0.2) is 6.10 Å². The van der Waals surface area contributed by atoms with E-state index in [4.69, 9.17) is 9.47 Å². The van der Waals surface area contributed by atoms with Crippen LogP contribution >= 0.6 is 11.3 Å². The lowest BCUT2D eigenvalue weighted by Gasteiger charge is -2.16. The van der Waals surface area contributed by atoms with Gasteiger partial charge in [-0.2, -0.15) is 0 Å². The van der Waals surface area contributed by atoms with Crippen LogP contribution in [0.15, 0.2) is 24.3 Å². The number of hydrogen-bond donors (Lipinski definition) is 1. The molecule has 0 unspecified atom stereocenters. The Hall–Kier alpha value is -2.34. The third-order valence-electron chi connectivity index (χ3n) is 4.81. The second-order valence-electron chi connectivity index (χ2n) is 6.82. The Kier molecular flexibility index (Phi) is 4.44. The van der Waals surface area contributed by atoms with Gasteiger partial charge in [-0.3, -0.25) is 4.79 Å². The maximum absolute atomic E-state index is 12.5. The summed E-state index contributed by atoms with van der Waals surface area (Å²) in [6.45, 7) is 1.62. The molecule has 1 aromatic heterocycles. The highest BCUT2D eigenvalue weighted by atomic mass is 32.1. The minimum atomic E-state index is -0.779. The Bertz CT molecular complexity index is 869. The van der Waals surface area contributed by atoms with Crippen molar-refractivity contribution in [2.24, 2.45) is 0 Å². The van der Waals surface area contributed by atoms with Crippen molar-refractivity contribution >= 4 is 23.2 Å². The van der Waals surface area contributed by atoms with Crippen LogP contribution in [0.25, 0.3) is 10.4 Å². The minimum absolute atomic E-state index is 0.223. The largest absolute Gasteiger partial charge is 0.497 e. The molecular formula is C20H21NO4S. The SMILES string of the molecule is COc1ccc2c(c1)CCc1cc(C(=O)O[C@@H](C)C(=O)NC3CC3)sc1-2. The van der Waals surface area contributed by atoms with E-state index in [-0.39, 0.29) is 11.9 Å². The van der Waals surface area contributed by atoms with E-state index in [2.05, 4.69) is 11.4 Å². The summed E-state index contributed by atoms with van der Waals surface area (Å²) in [5.41, 5.74) is 3.54.